The van der Waals surface area contributed by atoms with Crippen molar-refractivity contribution in [2.75, 3.05) is 14.1 Å². The van der Waals surface area contributed by atoms with E-state index in [4.69, 9.17) is 0 Å². The van der Waals surface area contributed by atoms with Gasteiger partial charge in [0.25, 0.3) is 5.91 Å². The summed E-state index contributed by atoms with van der Waals surface area (Å²) in [4.78, 5) is 25.3. The zero-order chi connectivity index (χ0) is 17.1. The molecule has 0 aliphatic heterocycles. The van der Waals surface area contributed by atoms with Crippen LogP contribution in [0.15, 0.2) is 36.5 Å². The van der Waals surface area contributed by atoms with Gasteiger partial charge in [0.2, 0.25) is 5.91 Å². The van der Waals surface area contributed by atoms with E-state index in [1.165, 1.54) is 21.3 Å². The number of aromatic nitrogens is 3. The van der Waals surface area contributed by atoms with Crippen molar-refractivity contribution in [3.8, 4) is 0 Å². The van der Waals surface area contributed by atoms with Crippen LogP contribution >= 0.6 is 0 Å². The fourth-order valence-corrected chi connectivity index (χ4v) is 2.75. The van der Waals surface area contributed by atoms with Gasteiger partial charge in [-0.15, -0.1) is 5.10 Å². The summed E-state index contributed by atoms with van der Waals surface area (Å²) in [6.45, 7) is 0.0762. The molecule has 0 bridgehead atoms. The minimum atomic E-state index is -0.241. The fourth-order valence-electron chi connectivity index (χ4n) is 2.75. The Morgan fingerprint density at radius 2 is 1.96 bits per heavy atom. The summed E-state index contributed by atoms with van der Waals surface area (Å²) >= 11 is 0. The lowest BCUT2D eigenvalue weighted by molar-refractivity contribution is -0.129. The van der Waals surface area contributed by atoms with Gasteiger partial charge in [-0.2, -0.15) is 0 Å². The van der Waals surface area contributed by atoms with Gasteiger partial charge < -0.3 is 10.2 Å². The molecule has 0 saturated heterocycles. The second-order valence-electron chi connectivity index (χ2n) is 6.34. The quantitative estimate of drug-likeness (QED) is 0.890. The monoisotopic (exact) mass is 327 g/mol. The Morgan fingerprint density at radius 3 is 2.62 bits per heavy atom. The molecule has 7 nitrogen and oxygen atoms in total. The second kappa shape index (κ2) is 6.82. The van der Waals surface area contributed by atoms with Crippen LogP contribution < -0.4 is 5.32 Å². The number of hydrogen-bond acceptors (Lipinski definition) is 4. The summed E-state index contributed by atoms with van der Waals surface area (Å²) in [7, 11) is 3.35. The van der Waals surface area contributed by atoms with Crippen molar-refractivity contribution in [3.63, 3.8) is 0 Å². The molecule has 3 rings (SSSR count). The van der Waals surface area contributed by atoms with Crippen LogP contribution in [0, 0.1) is 0 Å². The summed E-state index contributed by atoms with van der Waals surface area (Å²) in [6, 6.07) is 10.5. The van der Waals surface area contributed by atoms with E-state index in [2.05, 4.69) is 27.8 Å². The number of nitrogens with zero attached hydrogens (tertiary/aromatic N) is 4. The van der Waals surface area contributed by atoms with Gasteiger partial charge in [0, 0.05) is 20.1 Å². The Balaban J connectivity index is 1.50. The third-order valence-electron chi connectivity index (χ3n) is 4.31. The molecule has 0 unspecified atom stereocenters. The van der Waals surface area contributed by atoms with E-state index in [0.717, 1.165) is 12.8 Å². The van der Waals surface area contributed by atoms with Crippen LogP contribution in [0.4, 0.5) is 0 Å². The average Bonchev–Trinajstić information content (AvgIpc) is 2.99. The van der Waals surface area contributed by atoms with Gasteiger partial charge in [-0.1, -0.05) is 35.5 Å². The lowest BCUT2D eigenvalue weighted by Gasteiger charge is -2.36. The summed E-state index contributed by atoms with van der Waals surface area (Å²) in [5, 5.41) is 10.7. The van der Waals surface area contributed by atoms with Crippen LogP contribution in [-0.2, 0) is 11.3 Å². The van der Waals surface area contributed by atoms with E-state index in [1.54, 1.807) is 14.1 Å². The summed E-state index contributed by atoms with van der Waals surface area (Å²) in [5.74, 6) is 0.163. The Morgan fingerprint density at radius 1 is 1.25 bits per heavy atom. The molecule has 7 heteroatoms. The topological polar surface area (TPSA) is 80.1 Å². The highest BCUT2D eigenvalue weighted by molar-refractivity contribution is 5.92. The molecule has 1 aliphatic rings. The zero-order valence-electron chi connectivity index (χ0n) is 13.8. The molecule has 126 valence electrons. The SMILES string of the molecule is CN(C)C(=O)Cn1cc(C(=O)NC2CC(c3ccccc3)C2)nn1. The lowest BCUT2D eigenvalue weighted by Crippen LogP contribution is -2.43. The van der Waals surface area contributed by atoms with Crippen molar-refractivity contribution in [1.82, 2.24) is 25.2 Å². The lowest BCUT2D eigenvalue weighted by atomic mass is 9.76. The minimum absolute atomic E-state index is 0.0762. The number of nitrogens with one attached hydrogen (secondary N) is 1. The third-order valence-corrected chi connectivity index (χ3v) is 4.31. The van der Waals surface area contributed by atoms with E-state index >= 15 is 0 Å². The highest BCUT2D eigenvalue weighted by atomic mass is 16.2. The Kier molecular flexibility index (Phi) is 4.59. The molecule has 1 aromatic carbocycles. The van der Waals surface area contributed by atoms with E-state index in [1.807, 2.05) is 18.2 Å². The number of carbonyl (C=O) groups is 2. The number of amides is 2. The van der Waals surface area contributed by atoms with Crippen molar-refractivity contribution in [3.05, 3.63) is 47.8 Å². The summed E-state index contributed by atoms with van der Waals surface area (Å²) in [5.41, 5.74) is 1.56. The van der Waals surface area contributed by atoms with Crippen molar-refractivity contribution in [2.45, 2.75) is 31.3 Å². The number of likely N-dealkylation sites (N-methyl/N-ethyl adjacent to an activating group) is 1. The van der Waals surface area contributed by atoms with Crippen LogP contribution in [0.3, 0.4) is 0 Å². The van der Waals surface area contributed by atoms with Gasteiger partial charge in [0.05, 0.1) is 6.20 Å². The second-order valence-corrected chi connectivity index (χ2v) is 6.34. The van der Waals surface area contributed by atoms with Crippen LogP contribution in [0.1, 0.15) is 34.8 Å². The molecule has 1 aliphatic carbocycles. The minimum Gasteiger partial charge on any atom is -0.348 e. The van der Waals surface area contributed by atoms with Crippen molar-refractivity contribution in [2.24, 2.45) is 0 Å². The van der Waals surface area contributed by atoms with E-state index in [9.17, 15) is 9.59 Å². The Bertz CT molecular complexity index is 720. The first-order valence-corrected chi connectivity index (χ1v) is 7.99. The summed E-state index contributed by atoms with van der Waals surface area (Å²) in [6.07, 6.45) is 3.37. The van der Waals surface area contributed by atoms with E-state index in [0.29, 0.717) is 5.92 Å². The smallest absolute Gasteiger partial charge is 0.273 e. The first-order chi connectivity index (χ1) is 11.5. The molecule has 0 atom stereocenters. The zero-order valence-corrected chi connectivity index (χ0v) is 13.8. The standard InChI is InChI=1S/C17H21N5O2/c1-21(2)16(23)11-22-10-15(19-20-22)17(24)18-14-8-13(9-14)12-6-4-3-5-7-12/h3-7,10,13-14H,8-9,11H2,1-2H3,(H,18,24). The highest BCUT2D eigenvalue weighted by Gasteiger charge is 2.31. The largest absolute Gasteiger partial charge is 0.348 e. The fraction of sp³-hybridized carbons (Fsp3) is 0.412. The highest BCUT2D eigenvalue weighted by Crippen LogP contribution is 2.36. The predicted octanol–water partition coefficient (Wildman–Crippen LogP) is 1.04. The van der Waals surface area contributed by atoms with Crippen LogP contribution in [0.5, 0.6) is 0 Å². The molecule has 1 aromatic heterocycles. The Labute approximate surface area is 140 Å². The van der Waals surface area contributed by atoms with Gasteiger partial charge in [-0.25, -0.2) is 4.68 Å². The van der Waals surface area contributed by atoms with Crippen LogP contribution in [-0.4, -0.2) is 51.8 Å². The van der Waals surface area contributed by atoms with E-state index in [-0.39, 0.29) is 30.1 Å². The molecular formula is C17H21N5O2. The van der Waals surface area contributed by atoms with Gasteiger partial charge in [0.15, 0.2) is 5.69 Å². The van der Waals surface area contributed by atoms with Crippen molar-refractivity contribution in [1.29, 1.82) is 0 Å². The Hall–Kier alpha value is -2.70. The van der Waals surface area contributed by atoms with Gasteiger partial charge >= 0.3 is 0 Å². The molecule has 1 saturated carbocycles. The van der Waals surface area contributed by atoms with Gasteiger partial charge in [-0.3, -0.25) is 9.59 Å². The van der Waals surface area contributed by atoms with Crippen molar-refractivity contribution < 1.29 is 9.59 Å². The summed E-state index contributed by atoms with van der Waals surface area (Å²) < 4.78 is 1.38. The molecule has 24 heavy (non-hydrogen) atoms. The first kappa shape index (κ1) is 16.2. The average molecular weight is 327 g/mol. The van der Waals surface area contributed by atoms with E-state index < -0.39 is 0 Å². The molecule has 0 spiro atoms. The van der Waals surface area contributed by atoms with Gasteiger partial charge in [0.1, 0.15) is 6.54 Å². The molecule has 1 N–H and O–H groups in total. The van der Waals surface area contributed by atoms with Crippen molar-refractivity contribution >= 4 is 11.8 Å². The molecule has 1 fully saturated rings. The third kappa shape index (κ3) is 3.61. The first-order valence-electron chi connectivity index (χ1n) is 7.99. The molecule has 2 amide bonds. The van der Waals surface area contributed by atoms with Crippen LogP contribution in [0.2, 0.25) is 0 Å². The maximum Gasteiger partial charge on any atom is 0.273 e. The maximum atomic E-state index is 12.2. The predicted molar refractivity (Wildman–Crippen MR) is 88.4 cm³/mol. The van der Waals surface area contributed by atoms with Crippen LogP contribution in [0.25, 0.3) is 0 Å². The molecule has 1 heterocycles. The number of hydrogen-bond donors (Lipinski definition) is 1. The normalized spacial score (nSPS) is 19.4. The number of rotatable bonds is 5. The van der Waals surface area contributed by atoms with Gasteiger partial charge in [-0.05, 0) is 24.3 Å². The number of carbonyl (C=O) groups excluding carboxylic acids is 2. The molecule has 0 radical (unpaired) electrons. The molecular weight excluding hydrogens is 306 g/mol. The molecule has 2 aromatic rings. The number of benzene rings is 1. The maximum absolute atomic E-state index is 12.2.